The molecule has 0 unspecified atom stereocenters. The van der Waals surface area contributed by atoms with E-state index in [1.165, 1.54) is 0 Å². The van der Waals surface area contributed by atoms with Gasteiger partial charge in [0.15, 0.2) is 0 Å². The molecule has 3 rings (SSSR count). The van der Waals surface area contributed by atoms with E-state index < -0.39 is 0 Å². The van der Waals surface area contributed by atoms with Crippen molar-refractivity contribution in [3.05, 3.63) is 48.3 Å². The zero-order chi connectivity index (χ0) is 18.4. The maximum atomic E-state index is 12.4. The van der Waals surface area contributed by atoms with E-state index in [4.69, 9.17) is 4.74 Å². The Morgan fingerprint density at radius 2 is 1.92 bits per heavy atom. The Kier molecular flexibility index (Phi) is 6.04. The summed E-state index contributed by atoms with van der Waals surface area (Å²) < 4.78 is 6.89. The zero-order valence-electron chi connectivity index (χ0n) is 15.1. The van der Waals surface area contributed by atoms with Crippen LogP contribution >= 0.6 is 0 Å². The highest BCUT2D eigenvalue weighted by Gasteiger charge is 2.27. The lowest BCUT2D eigenvalue weighted by Crippen LogP contribution is -2.40. The number of rotatable bonds is 6. The van der Waals surface area contributed by atoms with Crippen molar-refractivity contribution in [3.8, 4) is 5.69 Å². The van der Waals surface area contributed by atoms with Crippen LogP contribution in [-0.4, -0.2) is 46.3 Å². The van der Waals surface area contributed by atoms with Gasteiger partial charge in [-0.2, -0.15) is 5.10 Å². The number of carbonyl (C=O) groups excluding carboxylic acids is 2. The Morgan fingerprint density at radius 1 is 1.19 bits per heavy atom. The van der Waals surface area contributed by atoms with E-state index in [2.05, 4.69) is 5.10 Å². The van der Waals surface area contributed by atoms with Crippen molar-refractivity contribution in [3.63, 3.8) is 0 Å². The molecule has 6 heteroatoms. The Hall–Kier alpha value is -2.63. The van der Waals surface area contributed by atoms with Gasteiger partial charge in [0.25, 0.3) is 0 Å². The summed E-state index contributed by atoms with van der Waals surface area (Å²) >= 11 is 0. The molecule has 6 nitrogen and oxygen atoms in total. The average molecular weight is 355 g/mol. The molecule has 1 aliphatic heterocycles. The molecule has 0 saturated carbocycles. The van der Waals surface area contributed by atoms with E-state index in [0.29, 0.717) is 45.4 Å². The third-order valence-corrected chi connectivity index (χ3v) is 4.75. The highest BCUT2D eigenvalue weighted by atomic mass is 16.5. The molecule has 0 N–H and O–H groups in total. The van der Waals surface area contributed by atoms with Gasteiger partial charge in [0, 0.05) is 25.7 Å². The summed E-state index contributed by atoms with van der Waals surface area (Å²) in [7, 11) is 0. The van der Waals surface area contributed by atoms with Gasteiger partial charge >= 0.3 is 5.97 Å². The number of piperidine rings is 1. The van der Waals surface area contributed by atoms with E-state index >= 15 is 0 Å². The number of aryl methyl sites for hydroxylation is 1. The fourth-order valence-corrected chi connectivity index (χ4v) is 3.25. The SMILES string of the molecule is CCOC(=O)C1CCN(C(=O)CCc2cnn(-c3ccccc3)c2)CC1. The van der Waals surface area contributed by atoms with Gasteiger partial charge in [-0.15, -0.1) is 0 Å². The van der Waals surface area contributed by atoms with Crippen molar-refractivity contribution >= 4 is 11.9 Å². The number of hydrogen-bond donors (Lipinski definition) is 0. The summed E-state index contributed by atoms with van der Waals surface area (Å²) in [6, 6.07) is 9.91. The third-order valence-electron chi connectivity index (χ3n) is 4.75. The number of benzene rings is 1. The number of nitrogens with zero attached hydrogens (tertiary/aromatic N) is 3. The van der Waals surface area contributed by atoms with Crippen LogP contribution in [0.25, 0.3) is 5.69 Å². The highest BCUT2D eigenvalue weighted by Crippen LogP contribution is 2.20. The Morgan fingerprint density at radius 3 is 2.62 bits per heavy atom. The second-order valence-corrected chi connectivity index (χ2v) is 6.54. The second-order valence-electron chi connectivity index (χ2n) is 6.54. The summed E-state index contributed by atoms with van der Waals surface area (Å²) in [5, 5.41) is 4.36. The molecule has 0 aliphatic carbocycles. The lowest BCUT2D eigenvalue weighted by molar-refractivity contribution is -0.151. The molecule has 138 valence electrons. The maximum absolute atomic E-state index is 12.4. The summed E-state index contributed by atoms with van der Waals surface area (Å²) in [5.41, 5.74) is 2.05. The lowest BCUT2D eigenvalue weighted by atomic mass is 9.96. The zero-order valence-corrected chi connectivity index (χ0v) is 15.1. The van der Waals surface area contributed by atoms with Crippen LogP contribution in [0.1, 0.15) is 31.7 Å². The lowest BCUT2D eigenvalue weighted by Gasteiger charge is -2.30. The topological polar surface area (TPSA) is 64.4 Å². The number of aromatic nitrogens is 2. The van der Waals surface area contributed by atoms with E-state index in [-0.39, 0.29) is 17.8 Å². The van der Waals surface area contributed by atoms with Crippen LogP contribution in [0.15, 0.2) is 42.7 Å². The minimum Gasteiger partial charge on any atom is -0.466 e. The number of esters is 1. The minimum absolute atomic E-state index is 0.0666. The summed E-state index contributed by atoms with van der Waals surface area (Å²) in [4.78, 5) is 26.1. The van der Waals surface area contributed by atoms with Gasteiger partial charge in [0.05, 0.1) is 24.4 Å². The summed E-state index contributed by atoms with van der Waals surface area (Å²) in [5.74, 6) is -0.0594. The minimum atomic E-state index is -0.132. The first kappa shape index (κ1) is 18.2. The molecule has 1 aliphatic rings. The predicted octanol–water partition coefficient (Wildman–Crippen LogP) is 2.61. The van der Waals surface area contributed by atoms with Crippen molar-refractivity contribution in [2.45, 2.75) is 32.6 Å². The molecular formula is C20H25N3O3. The number of carbonyl (C=O) groups is 2. The first-order chi connectivity index (χ1) is 12.7. The largest absolute Gasteiger partial charge is 0.466 e. The normalized spacial score (nSPS) is 15.0. The van der Waals surface area contributed by atoms with Crippen molar-refractivity contribution in [1.82, 2.24) is 14.7 Å². The molecule has 1 aromatic carbocycles. The number of likely N-dealkylation sites (tertiary alicyclic amines) is 1. The van der Waals surface area contributed by atoms with Crippen molar-refractivity contribution < 1.29 is 14.3 Å². The predicted molar refractivity (Wildman–Crippen MR) is 97.8 cm³/mol. The fraction of sp³-hybridized carbons (Fsp3) is 0.450. The monoisotopic (exact) mass is 355 g/mol. The molecule has 0 radical (unpaired) electrons. The first-order valence-electron chi connectivity index (χ1n) is 9.20. The summed E-state index contributed by atoms with van der Waals surface area (Å²) in [6.45, 7) is 3.49. The standard InChI is InChI=1S/C20H25N3O3/c1-2-26-20(25)17-10-12-22(13-11-17)19(24)9-8-16-14-21-23(15-16)18-6-4-3-5-7-18/h3-7,14-15,17H,2,8-13H2,1H3. The van der Waals surface area contributed by atoms with Crippen LogP contribution in [0.4, 0.5) is 0 Å². The number of hydrogen-bond acceptors (Lipinski definition) is 4. The van der Waals surface area contributed by atoms with Crippen LogP contribution in [0.2, 0.25) is 0 Å². The van der Waals surface area contributed by atoms with Crippen LogP contribution < -0.4 is 0 Å². The van der Waals surface area contributed by atoms with Gasteiger partial charge in [-0.1, -0.05) is 18.2 Å². The Labute approximate surface area is 153 Å². The number of ether oxygens (including phenoxy) is 1. The van der Waals surface area contributed by atoms with Gasteiger partial charge in [-0.25, -0.2) is 4.68 Å². The molecular weight excluding hydrogens is 330 g/mol. The van der Waals surface area contributed by atoms with E-state index in [9.17, 15) is 9.59 Å². The van der Waals surface area contributed by atoms with E-state index in [0.717, 1.165) is 11.3 Å². The van der Waals surface area contributed by atoms with Crippen molar-refractivity contribution in [2.75, 3.05) is 19.7 Å². The summed E-state index contributed by atoms with van der Waals surface area (Å²) in [6.07, 6.45) is 6.30. The number of amides is 1. The first-order valence-corrected chi connectivity index (χ1v) is 9.20. The van der Waals surface area contributed by atoms with E-state index in [1.54, 1.807) is 0 Å². The van der Waals surface area contributed by atoms with Gasteiger partial charge in [-0.05, 0) is 43.9 Å². The van der Waals surface area contributed by atoms with Gasteiger partial charge < -0.3 is 9.64 Å². The van der Waals surface area contributed by atoms with Crippen LogP contribution in [0.3, 0.4) is 0 Å². The molecule has 1 saturated heterocycles. The smallest absolute Gasteiger partial charge is 0.309 e. The third kappa shape index (κ3) is 4.50. The average Bonchev–Trinajstić information content (AvgIpc) is 3.16. The molecule has 26 heavy (non-hydrogen) atoms. The fourth-order valence-electron chi connectivity index (χ4n) is 3.25. The number of para-hydroxylation sites is 1. The Balaban J connectivity index is 1.46. The van der Waals surface area contributed by atoms with Crippen LogP contribution in [0, 0.1) is 5.92 Å². The molecule has 2 heterocycles. The molecule has 2 aromatic rings. The van der Waals surface area contributed by atoms with Gasteiger partial charge in [0.2, 0.25) is 5.91 Å². The van der Waals surface area contributed by atoms with Crippen molar-refractivity contribution in [1.29, 1.82) is 0 Å². The van der Waals surface area contributed by atoms with Crippen LogP contribution in [0.5, 0.6) is 0 Å². The maximum Gasteiger partial charge on any atom is 0.309 e. The quantitative estimate of drug-likeness (QED) is 0.747. The Bertz CT molecular complexity index is 734. The molecule has 1 fully saturated rings. The molecule has 0 atom stereocenters. The second kappa shape index (κ2) is 8.65. The molecule has 1 amide bonds. The van der Waals surface area contributed by atoms with Gasteiger partial charge in [-0.3, -0.25) is 9.59 Å². The molecule has 0 bridgehead atoms. The molecule has 0 spiro atoms. The van der Waals surface area contributed by atoms with Crippen molar-refractivity contribution in [2.24, 2.45) is 5.92 Å². The van der Waals surface area contributed by atoms with Crippen LogP contribution in [-0.2, 0) is 20.7 Å². The van der Waals surface area contributed by atoms with E-state index in [1.807, 2.05) is 59.2 Å². The molecule has 1 aromatic heterocycles. The van der Waals surface area contributed by atoms with Gasteiger partial charge in [0.1, 0.15) is 0 Å². The highest BCUT2D eigenvalue weighted by molar-refractivity contribution is 5.77.